The number of aryl methyl sites for hydroxylation is 1. The van der Waals surface area contributed by atoms with Gasteiger partial charge in [-0.05, 0) is 38.6 Å². The number of nitrogens with one attached hydrogen (secondary N) is 1. The fourth-order valence-corrected chi connectivity index (χ4v) is 2.58. The molecule has 2 heterocycles. The summed E-state index contributed by atoms with van der Waals surface area (Å²) in [5.74, 6) is 1.66. The normalized spacial score (nSPS) is 19.7. The van der Waals surface area contributed by atoms with Crippen molar-refractivity contribution in [3.05, 3.63) is 17.5 Å². The Balaban J connectivity index is 2.01. The molecule has 4 nitrogen and oxygen atoms in total. The highest BCUT2D eigenvalue weighted by atomic mass is 15.3. The molecule has 0 spiro atoms. The van der Waals surface area contributed by atoms with Crippen LogP contribution in [0, 0.1) is 12.8 Å². The van der Waals surface area contributed by atoms with E-state index >= 15 is 0 Å². The molecule has 1 aliphatic rings. The molecule has 1 aromatic heterocycles. The molecule has 0 bridgehead atoms. The molecule has 0 amide bonds. The van der Waals surface area contributed by atoms with Crippen molar-refractivity contribution in [3.63, 3.8) is 0 Å². The maximum absolute atomic E-state index is 4.68. The molecule has 4 heteroatoms. The number of rotatable bonds is 5. The predicted molar refractivity (Wildman–Crippen MR) is 79.4 cm³/mol. The Hall–Kier alpha value is -1.16. The highest BCUT2D eigenvalue weighted by Gasteiger charge is 2.18. The van der Waals surface area contributed by atoms with Crippen molar-refractivity contribution in [2.45, 2.75) is 46.6 Å². The van der Waals surface area contributed by atoms with E-state index in [2.05, 4.69) is 41.0 Å². The van der Waals surface area contributed by atoms with Crippen LogP contribution in [0.3, 0.4) is 0 Å². The molecule has 1 saturated heterocycles. The van der Waals surface area contributed by atoms with Crippen molar-refractivity contribution < 1.29 is 0 Å². The molecule has 1 atom stereocenters. The summed E-state index contributed by atoms with van der Waals surface area (Å²) in [6.07, 6.45) is 5.72. The lowest BCUT2D eigenvalue weighted by atomic mass is 10.0. The number of hydrogen-bond acceptors (Lipinski definition) is 4. The van der Waals surface area contributed by atoms with Crippen molar-refractivity contribution in [1.29, 1.82) is 0 Å². The van der Waals surface area contributed by atoms with Crippen LogP contribution in [0.15, 0.2) is 6.20 Å². The van der Waals surface area contributed by atoms with E-state index in [4.69, 9.17) is 0 Å². The van der Waals surface area contributed by atoms with Gasteiger partial charge in [0.15, 0.2) is 0 Å². The molecule has 1 aromatic rings. The average molecular weight is 262 g/mol. The first-order valence-corrected chi connectivity index (χ1v) is 7.49. The van der Waals surface area contributed by atoms with Gasteiger partial charge in [0.25, 0.3) is 0 Å². The molecule has 1 aliphatic heterocycles. The summed E-state index contributed by atoms with van der Waals surface area (Å²) in [6.45, 7) is 10.7. The van der Waals surface area contributed by atoms with Gasteiger partial charge in [0, 0.05) is 37.1 Å². The van der Waals surface area contributed by atoms with Crippen LogP contribution < -0.4 is 10.2 Å². The van der Waals surface area contributed by atoms with Gasteiger partial charge in [-0.15, -0.1) is 0 Å². The van der Waals surface area contributed by atoms with E-state index < -0.39 is 0 Å². The van der Waals surface area contributed by atoms with Crippen molar-refractivity contribution in [1.82, 2.24) is 15.3 Å². The van der Waals surface area contributed by atoms with Crippen molar-refractivity contribution in [2.75, 3.05) is 24.5 Å². The summed E-state index contributed by atoms with van der Waals surface area (Å²) >= 11 is 0. The Labute approximate surface area is 116 Å². The molecule has 0 saturated carbocycles. The molecule has 106 valence electrons. The second-order valence-corrected chi connectivity index (χ2v) is 5.65. The average Bonchev–Trinajstić information content (AvgIpc) is 2.41. The van der Waals surface area contributed by atoms with E-state index in [1.54, 1.807) is 0 Å². The Morgan fingerprint density at radius 3 is 3.00 bits per heavy atom. The highest BCUT2D eigenvalue weighted by Crippen LogP contribution is 2.20. The van der Waals surface area contributed by atoms with Crippen LogP contribution in [0.25, 0.3) is 0 Å². The smallest absolute Gasteiger partial charge is 0.225 e. The Bertz CT molecular complexity index is 405. The zero-order valence-electron chi connectivity index (χ0n) is 12.4. The Kier molecular flexibility index (Phi) is 5.14. The topological polar surface area (TPSA) is 41.1 Å². The maximum atomic E-state index is 4.68. The molecule has 0 aliphatic carbocycles. The lowest BCUT2D eigenvalue weighted by Crippen LogP contribution is -2.35. The van der Waals surface area contributed by atoms with Crippen molar-refractivity contribution >= 4 is 5.95 Å². The van der Waals surface area contributed by atoms with Gasteiger partial charge in [0.2, 0.25) is 5.95 Å². The SMILES string of the molecule is CCCNCc1cnc(N2CCCC(C)C2)nc1C. The lowest BCUT2D eigenvalue weighted by molar-refractivity contribution is 0.441. The quantitative estimate of drug-likeness (QED) is 0.828. The molecule has 1 unspecified atom stereocenters. The number of aromatic nitrogens is 2. The highest BCUT2D eigenvalue weighted by molar-refractivity contribution is 5.33. The van der Waals surface area contributed by atoms with E-state index in [0.29, 0.717) is 0 Å². The zero-order valence-corrected chi connectivity index (χ0v) is 12.4. The zero-order chi connectivity index (χ0) is 13.7. The number of anilines is 1. The van der Waals surface area contributed by atoms with Crippen molar-refractivity contribution in [3.8, 4) is 0 Å². The second kappa shape index (κ2) is 6.85. The fraction of sp³-hybridized carbons (Fsp3) is 0.733. The third-order valence-electron chi connectivity index (χ3n) is 3.75. The molecule has 19 heavy (non-hydrogen) atoms. The minimum Gasteiger partial charge on any atom is -0.341 e. The monoisotopic (exact) mass is 262 g/mol. The summed E-state index contributed by atoms with van der Waals surface area (Å²) in [6, 6.07) is 0. The van der Waals surface area contributed by atoms with Gasteiger partial charge in [-0.2, -0.15) is 0 Å². The van der Waals surface area contributed by atoms with E-state index in [1.807, 2.05) is 6.20 Å². The van der Waals surface area contributed by atoms with Crippen LogP contribution >= 0.6 is 0 Å². The number of nitrogens with zero attached hydrogens (tertiary/aromatic N) is 3. The minimum absolute atomic E-state index is 0.753. The van der Waals surface area contributed by atoms with E-state index in [-0.39, 0.29) is 0 Å². The first kappa shape index (κ1) is 14.3. The maximum Gasteiger partial charge on any atom is 0.225 e. The predicted octanol–water partition coefficient (Wildman–Crippen LogP) is 2.52. The summed E-state index contributed by atoms with van der Waals surface area (Å²) in [4.78, 5) is 11.6. The first-order valence-electron chi connectivity index (χ1n) is 7.49. The van der Waals surface area contributed by atoms with E-state index in [1.165, 1.54) is 18.4 Å². The Morgan fingerprint density at radius 2 is 2.32 bits per heavy atom. The molecule has 0 radical (unpaired) electrons. The van der Waals surface area contributed by atoms with E-state index in [0.717, 1.165) is 50.2 Å². The first-order chi connectivity index (χ1) is 9.20. The van der Waals surface area contributed by atoms with Crippen LogP contribution in [0.1, 0.15) is 44.4 Å². The van der Waals surface area contributed by atoms with Crippen LogP contribution in [0.2, 0.25) is 0 Å². The molecule has 2 rings (SSSR count). The molecular weight excluding hydrogens is 236 g/mol. The summed E-state index contributed by atoms with van der Waals surface area (Å²) in [5, 5.41) is 3.40. The minimum atomic E-state index is 0.753. The third kappa shape index (κ3) is 3.90. The van der Waals surface area contributed by atoms with Crippen LogP contribution in [0.5, 0.6) is 0 Å². The second-order valence-electron chi connectivity index (χ2n) is 5.65. The summed E-state index contributed by atoms with van der Waals surface area (Å²) in [5.41, 5.74) is 2.31. The van der Waals surface area contributed by atoms with Gasteiger partial charge in [-0.3, -0.25) is 0 Å². The van der Waals surface area contributed by atoms with Gasteiger partial charge in [-0.25, -0.2) is 9.97 Å². The van der Waals surface area contributed by atoms with E-state index in [9.17, 15) is 0 Å². The third-order valence-corrected chi connectivity index (χ3v) is 3.75. The van der Waals surface area contributed by atoms with Crippen molar-refractivity contribution in [2.24, 2.45) is 5.92 Å². The number of hydrogen-bond donors (Lipinski definition) is 1. The largest absolute Gasteiger partial charge is 0.341 e. The van der Waals surface area contributed by atoms with Gasteiger partial charge < -0.3 is 10.2 Å². The molecule has 1 fully saturated rings. The summed E-state index contributed by atoms with van der Waals surface area (Å²) < 4.78 is 0. The van der Waals surface area contributed by atoms with Crippen LogP contribution in [-0.2, 0) is 6.54 Å². The number of piperidine rings is 1. The standard InChI is InChI=1S/C15H26N4/c1-4-7-16-9-14-10-17-15(18-13(14)3)19-8-5-6-12(2)11-19/h10,12,16H,4-9,11H2,1-3H3. The summed E-state index contributed by atoms with van der Waals surface area (Å²) in [7, 11) is 0. The molecular formula is C15H26N4. The fourth-order valence-electron chi connectivity index (χ4n) is 2.58. The Morgan fingerprint density at radius 1 is 1.47 bits per heavy atom. The van der Waals surface area contributed by atoms with Gasteiger partial charge in [0.1, 0.15) is 0 Å². The molecule has 1 N–H and O–H groups in total. The van der Waals surface area contributed by atoms with Crippen LogP contribution in [-0.4, -0.2) is 29.6 Å². The lowest BCUT2D eigenvalue weighted by Gasteiger charge is -2.31. The van der Waals surface area contributed by atoms with Gasteiger partial charge in [0.05, 0.1) is 0 Å². The molecule has 0 aromatic carbocycles. The van der Waals surface area contributed by atoms with Gasteiger partial charge >= 0.3 is 0 Å². The van der Waals surface area contributed by atoms with Gasteiger partial charge in [-0.1, -0.05) is 13.8 Å². The van der Waals surface area contributed by atoms with Crippen LogP contribution in [0.4, 0.5) is 5.95 Å².